The van der Waals surface area contributed by atoms with E-state index < -0.39 is 11.4 Å². The number of amides is 1. The Labute approximate surface area is 171 Å². The van der Waals surface area contributed by atoms with Crippen LogP contribution in [0.15, 0.2) is 48.5 Å². The van der Waals surface area contributed by atoms with Crippen molar-refractivity contribution in [1.29, 1.82) is 0 Å². The molecule has 2 aromatic carbocycles. The van der Waals surface area contributed by atoms with Crippen LogP contribution in [0.3, 0.4) is 0 Å². The summed E-state index contributed by atoms with van der Waals surface area (Å²) in [5.41, 5.74) is 1.28. The van der Waals surface area contributed by atoms with Gasteiger partial charge in [0, 0.05) is 23.9 Å². The second kappa shape index (κ2) is 10.5. The van der Waals surface area contributed by atoms with Crippen molar-refractivity contribution in [3.8, 4) is 11.5 Å². The Morgan fingerprint density at radius 2 is 1.41 bits per heavy atom. The summed E-state index contributed by atoms with van der Waals surface area (Å²) < 4.78 is 11.4. The average molecular weight is 399 g/mol. The standard InChI is InChI=1S/C23H29NO5/c1-23(2,3)22(27)24-18-8-12-20(13-9-18)29-16-4-15-28-19-10-5-17(6-11-19)7-14-21(25)26/h5-6,8-13H,4,7,14-16H2,1-3H3,(H,24,27)(H,25,26). The number of hydrogen-bond donors (Lipinski definition) is 2. The fraction of sp³-hybridized carbons (Fsp3) is 0.391. The molecule has 6 nitrogen and oxygen atoms in total. The first-order valence-electron chi connectivity index (χ1n) is 9.72. The normalized spacial score (nSPS) is 11.0. The summed E-state index contributed by atoms with van der Waals surface area (Å²) in [6.07, 6.45) is 1.37. The third-order valence-electron chi connectivity index (χ3n) is 4.17. The van der Waals surface area contributed by atoms with Gasteiger partial charge in [0.15, 0.2) is 0 Å². The molecule has 0 aromatic heterocycles. The molecule has 0 aliphatic heterocycles. The van der Waals surface area contributed by atoms with Crippen LogP contribution in [0.25, 0.3) is 0 Å². The highest BCUT2D eigenvalue weighted by Gasteiger charge is 2.20. The minimum atomic E-state index is -0.797. The topological polar surface area (TPSA) is 84.9 Å². The van der Waals surface area contributed by atoms with Gasteiger partial charge in [-0.05, 0) is 48.4 Å². The van der Waals surface area contributed by atoms with E-state index in [0.29, 0.717) is 19.6 Å². The molecule has 2 aromatic rings. The Kier molecular flexibility index (Phi) is 8.07. The van der Waals surface area contributed by atoms with Crippen LogP contribution in [0.1, 0.15) is 39.2 Å². The van der Waals surface area contributed by atoms with Crippen molar-refractivity contribution in [3.63, 3.8) is 0 Å². The molecule has 2 rings (SSSR count). The van der Waals surface area contributed by atoms with Crippen LogP contribution in [0.5, 0.6) is 11.5 Å². The summed E-state index contributed by atoms with van der Waals surface area (Å²) in [7, 11) is 0. The van der Waals surface area contributed by atoms with Crippen LogP contribution >= 0.6 is 0 Å². The number of carbonyl (C=O) groups excluding carboxylic acids is 1. The first-order chi connectivity index (χ1) is 13.7. The van der Waals surface area contributed by atoms with Crippen molar-refractivity contribution >= 4 is 17.6 Å². The summed E-state index contributed by atoms with van der Waals surface area (Å²) in [6, 6.07) is 14.8. The number of ether oxygens (including phenoxy) is 2. The largest absolute Gasteiger partial charge is 0.493 e. The maximum Gasteiger partial charge on any atom is 0.303 e. The molecular formula is C23H29NO5. The summed E-state index contributed by atoms with van der Waals surface area (Å²) in [6.45, 7) is 6.65. The Hall–Kier alpha value is -3.02. The monoisotopic (exact) mass is 399 g/mol. The van der Waals surface area contributed by atoms with Gasteiger partial charge in [-0.25, -0.2) is 0 Å². The molecule has 2 N–H and O–H groups in total. The molecule has 156 valence electrons. The summed E-state index contributed by atoms with van der Waals surface area (Å²) in [5.74, 6) is 0.664. The molecule has 0 atom stereocenters. The molecule has 0 radical (unpaired) electrons. The van der Waals surface area contributed by atoms with E-state index in [1.54, 1.807) is 0 Å². The molecule has 0 heterocycles. The van der Waals surface area contributed by atoms with Gasteiger partial charge in [-0.3, -0.25) is 9.59 Å². The van der Waals surface area contributed by atoms with Gasteiger partial charge in [0.25, 0.3) is 0 Å². The van der Waals surface area contributed by atoms with Gasteiger partial charge >= 0.3 is 5.97 Å². The predicted molar refractivity (Wildman–Crippen MR) is 113 cm³/mol. The number of aliphatic carboxylic acids is 1. The van der Waals surface area contributed by atoms with Crippen LogP contribution < -0.4 is 14.8 Å². The van der Waals surface area contributed by atoms with Gasteiger partial charge in [-0.1, -0.05) is 32.9 Å². The number of nitrogens with one attached hydrogen (secondary N) is 1. The maximum atomic E-state index is 12.0. The quantitative estimate of drug-likeness (QED) is 0.573. The molecule has 0 spiro atoms. The number of hydrogen-bond acceptors (Lipinski definition) is 4. The molecule has 0 aliphatic rings. The SMILES string of the molecule is CC(C)(C)C(=O)Nc1ccc(OCCCOc2ccc(CCC(=O)O)cc2)cc1. The summed E-state index contributed by atoms with van der Waals surface area (Å²) in [4.78, 5) is 22.6. The minimum Gasteiger partial charge on any atom is -0.493 e. The Morgan fingerprint density at radius 1 is 0.897 bits per heavy atom. The Morgan fingerprint density at radius 3 is 1.90 bits per heavy atom. The lowest BCUT2D eigenvalue weighted by Gasteiger charge is -2.17. The number of aryl methyl sites for hydroxylation is 1. The average Bonchev–Trinajstić information content (AvgIpc) is 2.67. The zero-order chi connectivity index (χ0) is 21.3. The van der Waals surface area contributed by atoms with Gasteiger partial charge in [0.05, 0.1) is 13.2 Å². The van der Waals surface area contributed by atoms with Gasteiger partial charge in [0.2, 0.25) is 5.91 Å². The number of carbonyl (C=O) groups is 2. The fourth-order valence-corrected chi connectivity index (χ4v) is 2.40. The molecule has 0 saturated heterocycles. The lowest BCUT2D eigenvalue weighted by Crippen LogP contribution is -2.27. The van der Waals surface area contributed by atoms with E-state index in [1.165, 1.54) is 0 Å². The molecule has 29 heavy (non-hydrogen) atoms. The van der Waals surface area contributed by atoms with E-state index >= 15 is 0 Å². The number of anilines is 1. The van der Waals surface area contributed by atoms with E-state index in [0.717, 1.165) is 29.2 Å². The zero-order valence-electron chi connectivity index (χ0n) is 17.2. The van der Waals surface area contributed by atoms with E-state index in [9.17, 15) is 9.59 Å². The highest BCUT2D eigenvalue weighted by molar-refractivity contribution is 5.94. The first-order valence-corrected chi connectivity index (χ1v) is 9.72. The zero-order valence-corrected chi connectivity index (χ0v) is 17.2. The maximum absolute atomic E-state index is 12.0. The molecule has 0 fully saturated rings. The number of benzene rings is 2. The Bertz CT molecular complexity index is 792. The molecule has 0 bridgehead atoms. The molecule has 0 unspecified atom stereocenters. The van der Waals surface area contributed by atoms with Crippen molar-refractivity contribution < 1.29 is 24.2 Å². The highest BCUT2D eigenvalue weighted by Crippen LogP contribution is 2.20. The van der Waals surface area contributed by atoms with Crippen LogP contribution in [0.2, 0.25) is 0 Å². The first kappa shape index (κ1) is 22.3. The summed E-state index contributed by atoms with van der Waals surface area (Å²) in [5, 5.41) is 11.6. The molecule has 0 aliphatic carbocycles. The Balaban J connectivity index is 1.66. The van der Waals surface area contributed by atoms with Crippen LogP contribution in [-0.2, 0) is 16.0 Å². The van der Waals surface area contributed by atoms with E-state index in [-0.39, 0.29) is 12.3 Å². The van der Waals surface area contributed by atoms with Crippen LogP contribution in [-0.4, -0.2) is 30.2 Å². The van der Waals surface area contributed by atoms with E-state index in [1.807, 2.05) is 69.3 Å². The number of rotatable bonds is 10. The van der Waals surface area contributed by atoms with Gasteiger partial charge in [-0.15, -0.1) is 0 Å². The lowest BCUT2D eigenvalue weighted by molar-refractivity contribution is -0.137. The van der Waals surface area contributed by atoms with Crippen molar-refractivity contribution in [2.24, 2.45) is 5.41 Å². The second-order valence-electron chi connectivity index (χ2n) is 7.82. The smallest absolute Gasteiger partial charge is 0.303 e. The number of carboxylic acids is 1. The van der Waals surface area contributed by atoms with Crippen molar-refractivity contribution in [2.45, 2.75) is 40.0 Å². The predicted octanol–water partition coefficient (Wildman–Crippen LogP) is 4.54. The van der Waals surface area contributed by atoms with Gasteiger partial charge in [0.1, 0.15) is 11.5 Å². The molecule has 1 amide bonds. The van der Waals surface area contributed by atoms with Crippen LogP contribution in [0, 0.1) is 5.41 Å². The molecule has 6 heteroatoms. The van der Waals surface area contributed by atoms with Crippen molar-refractivity contribution in [2.75, 3.05) is 18.5 Å². The van der Waals surface area contributed by atoms with Crippen molar-refractivity contribution in [3.05, 3.63) is 54.1 Å². The van der Waals surface area contributed by atoms with E-state index in [2.05, 4.69) is 5.32 Å². The molecular weight excluding hydrogens is 370 g/mol. The van der Waals surface area contributed by atoms with Gasteiger partial charge < -0.3 is 19.9 Å². The molecule has 0 saturated carbocycles. The third-order valence-corrected chi connectivity index (χ3v) is 4.17. The summed E-state index contributed by atoms with van der Waals surface area (Å²) >= 11 is 0. The number of carboxylic acid groups (broad SMARTS) is 1. The van der Waals surface area contributed by atoms with Crippen LogP contribution in [0.4, 0.5) is 5.69 Å². The van der Waals surface area contributed by atoms with E-state index in [4.69, 9.17) is 14.6 Å². The minimum absolute atomic E-state index is 0.0294. The van der Waals surface area contributed by atoms with Crippen molar-refractivity contribution in [1.82, 2.24) is 0 Å². The highest BCUT2D eigenvalue weighted by atomic mass is 16.5. The van der Waals surface area contributed by atoms with Gasteiger partial charge in [-0.2, -0.15) is 0 Å². The third kappa shape index (κ3) is 8.25. The second-order valence-corrected chi connectivity index (χ2v) is 7.82. The lowest BCUT2D eigenvalue weighted by atomic mass is 9.95. The fourth-order valence-electron chi connectivity index (χ4n) is 2.40.